The minimum absolute atomic E-state index is 0.0367. The molecule has 5 nitrogen and oxygen atoms in total. The van der Waals surface area contributed by atoms with E-state index in [0.717, 1.165) is 6.21 Å². The SMILES string of the molecule is C[C@@H](NC(=O)Cc1ccc(C2(C(F)F)CC2)cc1)c1cc(C=N)c(NCC(F)(F)F)cn1. The summed E-state index contributed by atoms with van der Waals surface area (Å²) in [6.45, 7) is 0.414. The molecular formula is C22H23F5N4O. The van der Waals surface area contributed by atoms with Crippen LogP contribution in [-0.4, -0.2) is 36.3 Å². The number of rotatable bonds is 9. The van der Waals surface area contributed by atoms with E-state index >= 15 is 0 Å². The van der Waals surface area contributed by atoms with Gasteiger partial charge in [0, 0.05) is 11.8 Å². The van der Waals surface area contributed by atoms with E-state index in [-0.39, 0.29) is 23.6 Å². The van der Waals surface area contributed by atoms with Gasteiger partial charge in [-0.2, -0.15) is 13.2 Å². The minimum atomic E-state index is -4.41. The van der Waals surface area contributed by atoms with Crippen LogP contribution in [0.1, 0.15) is 48.2 Å². The van der Waals surface area contributed by atoms with Crippen LogP contribution in [0, 0.1) is 5.41 Å². The summed E-state index contributed by atoms with van der Waals surface area (Å²) < 4.78 is 63.6. The Labute approximate surface area is 181 Å². The van der Waals surface area contributed by atoms with E-state index in [1.54, 1.807) is 31.2 Å². The summed E-state index contributed by atoms with van der Waals surface area (Å²) in [5.41, 5.74) is 0.864. The van der Waals surface area contributed by atoms with Gasteiger partial charge >= 0.3 is 6.18 Å². The third-order valence-corrected chi connectivity index (χ3v) is 5.51. The fourth-order valence-corrected chi connectivity index (χ4v) is 3.46. The van der Waals surface area contributed by atoms with Crippen LogP contribution in [0.3, 0.4) is 0 Å². The summed E-state index contributed by atoms with van der Waals surface area (Å²) in [6, 6.07) is 7.48. The van der Waals surface area contributed by atoms with Crippen LogP contribution in [0.25, 0.3) is 0 Å². The lowest BCUT2D eigenvalue weighted by molar-refractivity contribution is -0.121. The van der Waals surface area contributed by atoms with Gasteiger partial charge in [0.2, 0.25) is 12.3 Å². The number of benzene rings is 1. The van der Waals surface area contributed by atoms with Crippen molar-refractivity contribution in [3.05, 3.63) is 58.9 Å². The molecule has 1 heterocycles. The van der Waals surface area contributed by atoms with Crippen molar-refractivity contribution in [3.63, 3.8) is 0 Å². The van der Waals surface area contributed by atoms with Crippen LogP contribution < -0.4 is 10.6 Å². The van der Waals surface area contributed by atoms with Gasteiger partial charge in [0.05, 0.1) is 35.5 Å². The third-order valence-electron chi connectivity index (χ3n) is 5.51. The van der Waals surface area contributed by atoms with Crippen LogP contribution in [0.4, 0.5) is 27.6 Å². The van der Waals surface area contributed by atoms with Crippen LogP contribution in [0.5, 0.6) is 0 Å². The maximum absolute atomic E-state index is 13.2. The number of alkyl halides is 5. The first-order valence-corrected chi connectivity index (χ1v) is 10.0. The van der Waals surface area contributed by atoms with Gasteiger partial charge in [-0.05, 0) is 37.0 Å². The number of carbonyl (C=O) groups excluding carboxylic acids is 1. The first-order valence-electron chi connectivity index (χ1n) is 10.0. The van der Waals surface area contributed by atoms with E-state index in [4.69, 9.17) is 5.41 Å². The Bertz CT molecular complexity index is 971. The predicted octanol–water partition coefficient (Wildman–Crippen LogP) is 4.77. The molecule has 1 amide bonds. The number of aromatic nitrogens is 1. The second-order valence-corrected chi connectivity index (χ2v) is 7.93. The quantitative estimate of drug-likeness (QED) is 0.377. The highest BCUT2D eigenvalue weighted by molar-refractivity contribution is 5.85. The van der Waals surface area contributed by atoms with E-state index in [9.17, 15) is 26.7 Å². The second-order valence-electron chi connectivity index (χ2n) is 7.93. The molecule has 172 valence electrons. The highest BCUT2D eigenvalue weighted by atomic mass is 19.4. The summed E-state index contributed by atoms with van der Waals surface area (Å²) in [5, 5.41) is 12.4. The number of pyridine rings is 1. The van der Waals surface area contributed by atoms with Crippen molar-refractivity contribution in [2.24, 2.45) is 0 Å². The topological polar surface area (TPSA) is 77.9 Å². The lowest BCUT2D eigenvalue weighted by Crippen LogP contribution is -2.29. The number of amides is 1. The molecule has 1 saturated carbocycles. The molecule has 2 aromatic rings. The van der Waals surface area contributed by atoms with Crippen molar-refractivity contribution in [2.75, 3.05) is 11.9 Å². The second kappa shape index (κ2) is 9.22. The smallest absolute Gasteiger partial charge is 0.375 e. The lowest BCUT2D eigenvalue weighted by Gasteiger charge is -2.17. The number of anilines is 1. The molecule has 1 aliphatic carbocycles. The first kappa shape index (κ1) is 23.6. The number of halogens is 5. The molecule has 1 aromatic heterocycles. The fraction of sp³-hybridized carbons (Fsp3) is 0.409. The lowest BCUT2D eigenvalue weighted by atomic mass is 9.95. The zero-order chi connectivity index (χ0) is 23.5. The van der Waals surface area contributed by atoms with Crippen molar-refractivity contribution in [1.82, 2.24) is 10.3 Å². The van der Waals surface area contributed by atoms with Gasteiger partial charge in [-0.3, -0.25) is 9.78 Å². The molecule has 0 bridgehead atoms. The van der Waals surface area contributed by atoms with Crippen molar-refractivity contribution in [3.8, 4) is 0 Å². The summed E-state index contributed by atoms with van der Waals surface area (Å²) >= 11 is 0. The molecule has 1 fully saturated rings. The van der Waals surface area contributed by atoms with E-state index in [2.05, 4.69) is 15.6 Å². The van der Waals surface area contributed by atoms with Gasteiger partial charge in [0.1, 0.15) is 6.54 Å². The van der Waals surface area contributed by atoms with Crippen LogP contribution >= 0.6 is 0 Å². The van der Waals surface area contributed by atoms with E-state index in [1.165, 1.54) is 12.3 Å². The van der Waals surface area contributed by atoms with Crippen molar-refractivity contribution in [2.45, 2.75) is 50.2 Å². The van der Waals surface area contributed by atoms with Gasteiger partial charge in [0.15, 0.2) is 0 Å². The van der Waals surface area contributed by atoms with E-state index in [0.29, 0.717) is 29.7 Å². The van der Waals surface area contributed by atoms with Gasteiger partial charge in [-0.15, -0.1) is 0 Å². The Kier molecular flexibility index (Phi) is 6.80. The Morgan fingerprint density at radius 1 is 1.25 bits per heavy atom. The van der Waals surface area contributed by atoms with Gasteiger partial charge in [0.25, 0.3) is 0 Å². The molecular weight excluding hydrogens is 431 g/mol. The first-order chi connectivity index (χ1) is 15.0. The normalized spacial score (nSPS) is 15.8. The molecule has 3 N–H and O–H groups in total. The van der Waals surface area contributed by atoms with E-state index in [1.807, 2.05) is 0 Å². The number of nitrogens with one attached hydrogen (secondary N) is 3. The zero-order valence-electron chi connectivity index (χ0n) is 17.3. The number of hydrogen-bond donors (Lipinski definition) is 3. The summed E-state index contributed by atoms with van der Waals surface area (Å²) in [5.74, 6) is -0.322. The van der Waals surface area contributed by atoms with Crippen LogP contribution in [0.15, 0.2) is 36.5 Å². The maximum Gasteiger partial charge on any atom is 0.405 e. The molecule has 1 aliphatic rings. The summed E-state index contributed by atoms with van der Waals surface area (Å²) in [7, 11) is 0. The Balaban J connectivity index is 1.60. The molecule has 1 aromatic carbocycles. The molecule has 0 spiro atoms. The minimum Gasteiger partial charge on any atom is -0.375 e. The Morgan fingerprint density at radius 3 is 2.44 bits per heavy atom. The van der Waals surface area contributed by atoms with Gasteiger partial charge in [-0.1, -0.05) is 24.3 Å². The van der Waals surface area contributed by atoms with Crippen molar-refractivity contribution in [1.29, 1.82) is 5.41 Å². The summed E-state index contributed by atoms with van der Waals surface area (Å²) in [4.78, 5) is 16.5. The number of hydrogen-bond acceptors (Lipinski definition) is 4. The predicted molar refractivity (Wildman–Crippen MR) is 110 cm³/mol. The monoisotopic (exact) mass is 454 g/mol. The molecule has 1 atom stereocenters. The van der Waals surface area contributed by atoms with Crippen molar-refractivity contribution < 1.29 is 26.7 Å². The molecule has 32 heavy (non-hydrogen) atoms. The largest absolute Gasteiger partial charge is 0.405 e. The number of nitrogens with zero attached hydrogens (tertiary/aromatic N) is 1. The van der Waals surface area contributed by atoms with Gasteiger partial charge in [-0.25, -0.2) is 8.78 Å². The average molecular weight is 454 g/mol. The molecule has 0 saturated heterocycles. The van der Waals surface area contributed by atoms with E-state index < -0.39 is 30.6 Å². The standard InChI is InChI=1S/C22H23F5N4O/c1-13(17-9-15(10-28)18(11-29-17)30-12-22(25,26)27)31-19(32)8-14-2-4-16(5-3-14)21(6-7-21)20(23)24/h2-5,9-11,13,20,28,30H,6-8,12H2,1H3,(H,31,32)/t13-/m1/s1. The van der Waals surface area contributed by atoms with Gasteiger partial charge < -0.3 is 16.0 Å². The highest BCUT2D eigenvalue weighted by Gasteiger charge is 2.52. The molecule has 0 radical (unpaired) electrons. The Morgan fingerprint density at radius 2 is 1.91 bits per heavy atom. The van der Waals surface area contributed by atoms with Crippen LogP contribution in [0.2, 0.25) is 0 Å². The fourth-order valence-electron chi connectivity index (χ4n) is 3.46. The van der Waals surface area contributed by atoms with Crippen molar-refractivity contribution >= 4 is 17.8 Å². The zero-order valence-corrected chi connectivity index (χ0v) is 17.3. The molecule has 3 rings (SSSR count). The molecule has 0 unspecified atom stereocenters. The average Bonchev–Trinajstić information content (AvgIpc) is 3.54. The third kappa shape index (κ3) is 5.60. The van der Waals surface area contributed by atoms with Crippen LogP contribution in [-0.2, 0) is 16.6 Å². The molecule has 10 heteroatoms. The highest BCUT2D eigenvalue weighted by Crippen LogP contribution is 2.52. The number of carbonyl (C=O) groups is 1. The molecule has 0 aliphatic heterocycles. The maximum atomic E-state index is 13.2. The summed E-state index contributed by atoms with van der Waals surface area (Å²) in [6.07, 6.45) is -3.77. The Hall–Kier alpha value is -3.04.